The molecule has 88 valence electrons. The summed E-state index contributed by atoms with van der Waals surface area (Å²) in [5.41, 5.74) is 7.83. The third-order valence-electron chi connectivity index (χ3n) is 2.73. The number of nitrogens with zero attached hydrogens (tertiary/aromatic N) is 1. The normalized spacial score (nSPS) is 12.4. The monoisotopic (exact) mass is 228 g/mol. The Hall–Kier alpha value is -1.87. The van der Waals surface area contributed by atoms with Gasteiger partial charge < -0.3 is 10.3 Å². The van der Waals surface area contributed by atoms with E-state index >= 15 is 0 Å². The highest BCUT2D eigenvalue weighted by Gasteiger charge is 2.07. The third-order valence-corrected chi connectivity index (χ3v) is 2.73. The second-order valence-corrected chi connectivity index (χ2v) is 4.15. The van der Waals surface area contributed by atoms with Crippen molar-refractivity contribution in [3.63, 3.8) is 0 Å². The van der Waals surface area contributed by atoms with Crippen LogP contribution >= 0.6 is 0 Å². The number of aromatic nitrogens is 1. The van der Waals surface area contributed by atoms with Gasteiger partial charge in [-0.25, -0.2) is 0 Å². The minimum Gasteiger partial charge on any atom is -0.323 e. The van der Waals surface area contributed by atoms with Gasteiger partial charge in [0.1, 0.15) is 0 Å². The minimum absolute atomic E-state index is 0.0105. The Morgan fingerprint density at radius 3 is 2.47 bits per heavy atom. The molecule has 0 aliphatic rings. The highest BCUT2D eigenvalue weighted by Crippen LogP contribution is 2.09. The molecule has 0 saturated carbocycles. The van der Waals surface area contributed by atoms with Gasteiger partial charge in [-0.2, -0.15) is 0 Å². The second-order valence-electron chi connectivity index (χ2n) is 4.15. The predicted molar refractivity (Wildman–Crippen MR) is 68.8 cm³/mol. The van der Waals surface area contributed by atoms with Gasteiger partial charge in [-0.05, 0) is 18.6 Å². The summed E-state index contributed by atoms with van der Waals surface area (Å²) < 4.78 is 1.72. The summed E-state index contributed by atoms with van der Waals surface area (Å²) in [6.45, 7) is 2.45. The van der Waals surface area contributed by atoms with Gasteiger partial charge in [-0.3, -0.25) is 4.79 Å². The quantitative estimate of drug-likeness (QED) is 0.872. The molecule has 1 unspecified atom stereocenters. The molecular weight excluding hydrogens is 212 g/mol. The summed E-state index contributed by atoms with van der Waals surface area (Å²) in [5, 5.41) is 0. The number of hydrogen-bond acceptors (Lipinski definition) is 2. The smallest absolute Gasteiger partial charge is 0.251 e. The van der Waals surface area contributed by atoms with Crippen molar-refractivity contribution in [2.75, 3.05) is 0 Å². The van der Waals surface area contributed by atoms with E-state index in [4.69, 9.17) is 5.73 Å². The Bertz CT molecular complexity index is 544. The number of nitrogens with two attached hydrogens (primary N) is 1. The van der Waals surface area contributed by atoms with Crippen LogP contribution in [0.2, 0.25) is 0 Å². The maximum absolute atomic E-state index is 11.9. The van der Waals surface area contributed by atoms with Crippen LogP contribution in [0.3, 0.4) is 0 Å². The summed E-state index contributed by atoms with van der Waals surface area (Å²) >= 11 is 0. The van der Waals surface area contributed by atoms with E-state index in [1.165, 1.54) is 0 Å². The van der Waals surface area contributed by atoms with E-state index in [9.17, 15) is 4.79 Å². The first-order valence-corrected chi connectivity index (χ1v) is 5.68. The number of pyridine rings is 1. The molecule has 0 aliphatic heterocycles. The van der Waals surface area contributed by atoms with E-state index in [-0.39, 0.29) is 11.6 Å². The van der Waals surface area contributed by atoms with Crippen LogP contribution in [0.4, 0.5) is 0 Å². The summed E-state index contributed by atoms with van der Waals surface area (Å²) in [7, 11) is 0. The number of benzene rings is 1. The van der Waals surface area contributed by atoms with Crippen molar-refractivity contribution in [2.45, 2.75) is 19.5 Å². The van der Waals surface area contributed by atoms with Gasteiger partial charge in [0, 0.05) is 17.8 Å². The summed E-state index contributed by atoms with van der Waals surface area (Å²) in [6.07, 6.45) is 0. The lowest BCUT2D eigenvalue weighted by Crippen LogP contribution is -2.26. The Labute approximate surface area is 101 Å². The van der Waals surface area contributed by atoms with Gasteiger partial charge in [0.25, 0.3) is 5.56 Å². The van der Waals surface area contributed by atoms with Gasteiger partial charge in [0.2, 0.25) is 0 Å². The molecule has 1 heterocycles. The molecular formula is C14H16N2O. The third kappa shape index (κ3) is 2.63. The summed E-state index contributed by atoms with van der Waals surface area (Å²) in [5.74, 6) is 0. The molecule has 0 radical (unpaired) electrons. The molecule has 2 rings (SSSR count). The maximum atomic E-state index is 11.9. The van der Waals surface area contributed by atoms with Gasteiger partial charge in [-0.1, -0.05) is 36.4 Å². The fraction of sp³-hybridized carbons (Fsp3) is 0.214. The van der Waals surface area contributed by atoms with Gasteiger partial charge in [0.05, 0.1) is 6.54 Å². The SMILES string of the molecule is CC(N)c1cccc(=O)n1Cc1ccccc1. The van der Waals surface area contributed by atoms with E-state index < -0.39 is 0 Å². The van der Waals surface area contributed by atoms with Crippen LogP contribution < -0.4 is 11.3 Å². The number of rotatable bonds is 3. The Kier molecular flexibility index (Phi) is 3.40. The largest absolute Gasteiger partial charge is 0.323 e. The van der Waals surface area contributed by atoms with Crippen molar-refractivity contribution in [3.8, 4) is 0 Å². The Morgan fingerprint density at radius 2 is 1.82 bits per heavy atom. The molecule has 2 N–H and O–H groups in total. The van der Waals surface area contributed by atoms with Crippen LogP contribution in [0.1, 0.15) is 24.2 Å². The lowest BCUT2D eigenvalue weighted by molar-refractivity contribution is 0.644. The molecule has 0 amide bonds. The van der Waals surface area contributed by atoms with Crippen LogP contribution in [0, 0.1) is 0 Å². The van der Waals surface area contributed by atoms with E-state index in [0.717, 1.165) is 11.3 Å². The highest BCUT2D eigenvalue weighted by atomic mass is 16.1. The van der Waals surface area contributed by atoms with Crippen molar-refractivity contribution >= 4 is 0 Å². The van der Waals surface area contributed by atoms with Gasteiger partial charge >= 0.3 is 0 Å². The standard InChI is InChI=1S/C14H16N2O/c1-11(15)13-8-5-9-14(17)16(13)10-12-6-3-2-4-7-12/h2-9,11H,10,15H2,1H3. The molecule has 2 aromatic rings. The first kappa shape index (κ1) is 11.6. The van der Waals surface area contributed by atoms with Crippen molar-refractivity contribution in [3.05, 3.63) is 70.1 Å². The zero-order chi connectivity index (χ0) is 12.3. The van der Waals surface area contributed by atoms with E-state index in [2.05, 4.69) is 0 Å². The van der Waals surface area contributed by atoms with Gasteiger partial charge in [-0.15, -0.1) is 0 Å². The predicted octanol–water partition coefficient (Wildman–Crippen LogP) is 1.92. The lowest BCUT2D eigenvalue weighted by Gasteiger charge is -2.15. The molecule has 0 saturated heterocycles. The van der Waals surface area contributed by atoms with E-state index in [1.54, 1.807) is 16.7 Å². The molecule has 0 bridgehead atoms. The Morgan fingerprint density at radius 1 is 1.12 bits per heavy atom. The molecule has 1 aromatic heterocycles. The molecule has 3 heteroatoms. The van der Waals surface area contributed by atoms with Crippen LogP contribution in [0.25, 0.3) is 0 Å². The average molecular weight is 228 g/mol. The highest BCUT2D eigenvalue weighted by molar-refractivity contribution is 5.18. The molecule has 0 fully saturated rings. The van der Waals surface area contributed by atoms with E-state index in [1.807, 2.05) is 43.3 Å². The molecule has 1 aromatic carbocycles. The van der Waals surface area contributed by atoms with Crippen molar-refractivity contribution in [2.24, 2.45) is 5.73 Å². The fourth-order valence-electron chi connectivity index (χ4n) is 1.87. The maximum Gasteiger partial charge on any atom is 0.251 e. The van der Waals surface area contributed by atoms with Crippen molar-refractivity contribution < 1.29 is 0 Å². The second kappa shape index (κ2) is 4.97. The molecule has 1 atom stereocenters. The summed E-state index contributed by atoms with van der Waals surface area (Å²) in [4.78, 5) is 11.9. The Balaban J connectivity index is 2.42. The first-order chi connectivity index (χ1) is 8.18. The molecule has 3 nitrogen and oxygen atoms in total. The zero-order valence-corrected chi connectivity index (χ0v) is 9.84. The van der Waals surface area contributed by atoms with Crippen LogP contribution in [0.5, 0.6) is 0 Å². The van der Waals surface area contributed by atoms with E-state index in [0.29, 0.717) is 6.54 Å². The molecule has 17 heavy (non-hydrogen) atoms. The fourth-order valence-corrected chi connectivity index (χ4v) is 1.87. The van der Waals surface area contributed by atoms with Crippen molar-refractivity contribution in [1.29, 1.82) is 0 Å². The number of hydrogen-bond donors (Lipinski definition) is 1. The topological polar surface area (TPSA) is 48.0 Å². The first-order valence-electron chi connectivity index (χ1n) is 5.68. The lowest BCUT2D eigenvalue weighted by atomic mass is 10.2. The van der Waals surface area contributed by atoms with Gasteiger partial charge in [0.15, 0.2) is 0 Å². The van der Waals surface area contributed by atoms with Crippen LogP contribution in [0.15, 0.2) is 53.3 Å². The van der Waals surface area contributed by atoms with Crippen LogP contribution in [-0.2, 0) is 6.54 Å². The minimum atomic E-state index is -0.146. The van der Waals surface area contributed by atoms with Crippen molar-refractivity contribution in [1.82, 2.24) is 4.57 Å². The van der Waals surface area contributed by atoms with Crippen LogP contribution in [-0.4, -0.2) is 4.57 Å². The zero-order valence-electron chi connectivity index (χ0n) is 9.84. The molecule has 0 spiro atoms. The molecule has 0 aliphatic carbocycles. The summed E-state index contributed by atoms with van der Waals surface area (Å²) in [6, 6.07) is 15.0. The average Bonchev–Trinajstić information content (AvgIpc) is 2.33.